The molecule has 0 saturated carbocycles. The summed E-state index contributed by atoms with van der Waals surface area (Å²) in [4.78, 5) is 12.7. The minimum Gasteiger partial charge on any atom is -0.494 e. The van der Waals surface area contributed by atoms with Crippen LogP contribution in [-0.4, -0.2) is 12.6 Å². The average Bonchev–Trinajstić information content (AvgIpc) is 2.90. The third-order valence-corrected chi connectivity index (χ3v) is 6.77. The van der Waals surface area contributed by atoms with E-state index in [0.717, 1.165) is 36.0 Å². The number of carbonyl (C=O) groups is 1. The van der Waals surface area contributed by atoms with Crippen molar-refractivity contribution in [1.82, 2.24) is 0 Å². The molecule has 0 N–H and O–H groups in total. The molecule has 3 nitrogen and oxygen atoms in total. The molecule has 0 bridgehead atoms. The third kappa shape index (κ3) is 9.68. The number of esters is 1. The molecule has 0 atom stereocenters. The van der Waals surface area contributed by atoms with E-state index < -0.39 is 0 Å². The van der Waals surface area contributed by atoms with E-state index in [1.54, 1.807) is 0 Å². The van der Waals surface area contributed by atoms with E-state index in [0.29, 0.717) is 11.3 Å². The van der Waals surface area contributed by atoms with Crippen LogP contribution in [0.3, 0.4) is 0 Å². The lowest BCUT2D eigenvalue weighted by molar-refractivity contribution is 0.0735. The molecule has 0 saturated heterocycles. The predicted octanol–water partition coefficient (Wildman–Crippen LogP) is 9.70. The van der Waals surface area contributed by atoms with Crippen molar-refractivity contribution in [3.63, 3.8) is 0 Å². The van der Waals surface area contributed by atoms with Crippen LogP contribution in [-0.2, 0) is 6.42 Å². The number of carbonyl (C=O) groups excluding carboxylic acids is 1. The highest BCUT2D eigenvalue weighted by Gasteiger charge is 2.10. The minimum atomic E-state index is -0.320. The highest BCUT2D eigenvalue weighted by atomic mass is 16.5. The van der Waals surface area contributed by atoms with Gasteiger partial charge in [0.1, 0.15) is 11.5 Å². The number of fused-ring (bicyclic) bond motifs is 1. The second-order valence-corrected chi connectivity index (χ2v) is 9.89. The van der Waals surface area contributed by atoms with E-state index >= 15 is 0 Å². The van der Waals surface area contributed by atoms with Crippen LogP contribution in [0.25, 0.3) is 10.8 Å². The number of rotatable bonds is 17. The molecule has 3 rings (SSSR count). The van der Waals surface area contributed by atoms with Gasteiger partial charge in [0.15, 0.2) is 0 Å². The maximum atomic E-state index is 12.7. The standard InChI is InChI=1S/C33H44O3/c1-3-5-7-9-11-13-15-27-16-18-28(19-17-27)33(34)36-32-23-21-29-25-31(22-20-30(29)26-32)35-24-14-12-10-8-6-4-2/h16-23,25-26H,3-15,24H2,1-2H3. The molecule has 0 fully saturated rings. The molecule has 3 heteroatoms. The van der Waals surface area contributed by atoms with Crippen LogP contribution in [0.15, 0.2) is 60.7 Å². The highest BCUT2D eigenvalue weighted by molar-refractivity contribution is 5.92. The summed E-state index contributed by atoms with van der Waals surface area (Å²) in [5, 5.41) is 2.11. The first-order valence-electron chi connectivity index (χ1n) is 14.2. The average molecular weight is 489 g/mol. The summed E-state index contributed by atoms with van der Waals surface area (Å²) in [7, 11) is 0. The molecule has 3 aromatic rings. The Hall–Kier alpha value is -2.81. The van der Waals surface area contributed by atoms with Crippen LogP contribution < -0.4 is 9.47 Å². The largest absolute Gasteiger partial charge is 0.494 e. The van der Waals surface area contributed by atoms with Crippen molar-refractivity contribution in [2.75, 3.05) is 6.61 Å². The smallest absolute Gasteiger partial charge is 0.343 e. The summed E-state index contributed by atoms with van der Waals surface area (Å²) in [6.45, 7) is 5.24. The van der Waals surface area contributed by atoms with Gasteiger partial charge < -0.3 is 9.47 Å². The summed E-state index contributed by atoms with van der Waals surface area (Å²) in [5.74, 6) is 1.13. The summed E-state index contributed by atoms with van der Waals surface area (Å²) >= 11 is 0. The van der Waals surface area contributed by atoms with Gasteiger partial charge in [0.05, 0.1) is 12.2 Å². The first-order chi connectivity index (χ1) is 17.7. The second kappa shape index (κ2) is 16.0. The fourth-order valence-electron chi connectivity index (χ4n) is 4.51. The van der Waals surface area contributed by atoms with E-state index in [4.69, 9.17) is 9.47 Å². The second-order valence-electron chi connectivity index (χ2n) is 9.89. The lowest BCUT2D eigenvalue weighted by Gasteiger charge is -2.09. The molecule has 0 spiro atoms. The van der Waals surface area contributed by atoms with Crippen molar-refractivity contribution in [2.45, 2.75) is 97.3 Å². The molecule has 0 radical (unpaired) electrons. The minimum absolute atomic E-state index is 0.320. The molecule has 36 heavy (non-hydrogen) atoms. The van der Waals surface area contributed by atoms with Crippen molar-refractivity contribution in [1.29, 1.82) is 0 Å². The Morgan fingerprint density at radius 2 is 1.17 bits per heavy atom. The van der Waals surface area contributed by atoms with Gasteiger partial charge in [-0.2, -0.15) is 0 Å². The maximum absolute atomic E-state index is 12.7. The third-order valence-electron chi connectivity index (χ3n) is 6.77. The van der Waals surface area contributed by atoms with Gasteiger partial charge in [-0.05, 0) is 72.0 Å². The van der Waals surface area contributed by atoms with Gasteiger partial charge in [-0.15, -0.1) is 0 Å². The highest BCUT2D eigenvalue weighted by Crippen LogP contribution is 2.26. The van der Waals surface area contributed by atoms with E-state index in [1.807, 2.05) is 42.5 Å². The topological polar surface area (TPSA) is 35.5 Å². The van der Waals surface area contributed by atoms with Crippen LogP contribution in [0, 0.1) is 0 Å². The Bertz CT molecular complexity index is 1040. The Balaban J connectivity index is 1.45. The summed E-state index contributed by atoms with van der Waals surface area (Å²) in [6.07, 6.45) is 16.4. The Labute approximate surface area is 218 Å². The van der Waals surface area contributed by atoms with E-state index in [9.17, 15) is 4.79 Å². The monoisotopic (exact) mass is 488 g/mol. The molecule has 0 aliphatic carbocycles. The normalized spacial score (nSPS) is 11.1. The lowest BCUT2D eigenvalue weighted by atomic mass is 10.0. The van der Waals surface area contributed by atoms with Crippen LogP contribution in [0.5, 0.6) is 11.5 Å². The van der Waals surface area contributed by atoms with Gasteiger partial charge in [0.2, 0.25) is 0 Å². The summed E-state index contributed by atoms with van der Waals surface area (Å²) < 4.78 is 11.6. The molecule has 0 aromatic heterocycles. The van der Waals surface area contributed by atoms with Crippen LogP contribution in [0.2, 0.25) is 0 Å². The number of benzene rings is 3. The van der Waals surface area contributed by atoms with Crippen LogP contribution in [0.1, 0.15) is 107 Å². The fourth-order valence-corrected chi connectivity index (χ4v) is 4.51. The number of aryl methyl sites for hydroxylation is 1. The number of hydrogen-bond acceptors (Lipinski definition) is 3. The van der Waals surface area contributed by atoms with Gasteiger partial charge in [-0.3, -0.25) is 0 Å². The van der Waals surface area contributed by atoms with Gasteiger partial charge in [-0.1, -0.05) is 102 Å². The molecule has 0 aliphatic rings. The van der Waals surface area contributed by atoms with Gasteiger partial charge in [0.25, 0.3) is 0 Å². The van der Waals surface area contributed by atoms with Gasteiger partial charge in [-0.25, -0.2) is 4.79 Å². The molecule has 194 valence electrons. The number of unbranched alkanes of at least 4 members (excludes halogenated alkanes) is 10. The molecular weight excluding hydrogens is 444 g/mol. The fraction of sp³-hybridized carbons (Fsp3) is 0.485. The quantitative estimate of drug-likeness (QED) is 0.108. The Morgan fingerprint density at radius 1 is 0.611 bits per heavy atom. The summed E-state index contributed by atoms with van der Waals surface area (Å²) in [5.41, 5.74) is 1.86. The molecule has 0 aliphatic heterocycles. The molecule has 0 unspecified atom stereocenters. The predicted molar refractivity (Wildman–Crippen MR) is 151 cm³/mol. The van der Waals surface area contributed by atoms with E-state index in [-0.39, 0.29) is 5.97 Å². The van der Waals surface area contributed by atoms with Crippen LogP contribution in [0.4, 0.5) is 0 Å². The van der Waals surface area contributed by atoms with Gasteiger partial charge in [0, 0.05) is 0 Å². The zero-order valence-corrected chi connectivity index (χ0v) is 22.4. The summed E-state index contributed by atoms with van der Waals surface area (Å²) in [6, 6.07) is 19.7. The number of ether oxygens (including phenoxy) is 2. The van der Waals surface area contributed by atoms with Gasteiger partial charge >= 0.3 is 5.97 Å². The first-order valence-corrected chi connectivity index (χ1v) is 14.2. The maximum Gasteiger partial charge on any atom is 0.343 e. The Kier molecular flexibility index (Phi) is 12.4. The SMILES string of the molecule is CCCCCCCCOc1ccc2cc(OC(=O)c3ccc(CCCCCCCC)cc3)ccc2c1. The zero-order chi connectivity index (χ0) is 25.4. The van der Waals surface area contributed by atoms with Crippen LogP contribution >= 0.6 is 0 Å². The molecule has 0 heterocycles. The number of hydrogen-bond donors (Lipinski definition) is 0. The Morgan fingerprint density at radius 3 is 1.83 bits per heavy atom. The molecule has 0 amide bonds. The zero-order valence-electron chi connectivity index (χ0n) is 22.4. The van der Waals surface area contributed by atoms with Crippen molar-refractivity contribution < 1.29 is 14.3 Å². The van der Waals surface area contributed by atoms with Crippen molar-refractivity contribution in [2.24, 2.45) is 0 Å². The first kappa shape index (κ1) is 27.8. The van der Waals surface area contributed by atoms with Crippen molar-refractivity contribution in [3.8, 4) is 11.5 Å². The van der Waals surface area contributed by atoms with E-state index in [2.05, 4.69) is 32.0 Å². The molecule has 3 aromatic carbocycles. The van der Waals surface area contributed by atoms with Crippen molar-refractivity contribution in [3.05, 3.63) is 71.8 Å². The lowest BCUT2D eigenvalue weighted by Crippen LogP contribution is -2.08. The molecular formula is C33H44O3. The van der Waals surface area contributed by atoms with Crippen molar-refractivity contribution >= 4 is 16.7 Å². The van der Waals surface area contributed by atoms with E-state index in [1.165, 1.54) is 76.2 Å².